The lowest BCUT2D eigenvalue weighted by Gasteiger charge is -2.32. The van der Waals surface area contributed by atoms with E-state index < -0.39 is 17.8 Å². The van der Waals surface area contributed by atoms with Gasteiger partial charge in [0, 0.05) is 90.2 Å². The summed E-state index contributed by atoms with van der Waals surface area (Å²) in [7, 11) is 7.03. The van der Waals surface area contributed by atoms with E-state index >= 15 is 0 Å². The number of fused-ring (bicyclic) bond motifs is 8. The first-order valence-electron chi connectivity index (χ1n) is 24.9. The summed E-state index contributed by atoms with van der Waals surface area (Å²) >= 11 is 0. The Labute approximate surface area is 433 Å². The number of aryl methyl sites for hydroxylation is 2. The molecule has 0 bridgehead atoms. The highest BCUT2D eigenvalue weighted by Crippen LogP contribution is 2.44. The monoisotopic (exact) mass is 1020 g/mol. The number of carbonyl (C=O) groups is 5. The van der Waals surface area contributed by atoms with Crippen molar-refractivity contribution in [2.45, 2.75) is 114 Å². The van der Waals surface area contributed by atoms with Gasteiger partial charge in [-0.2, -0.15) is 0 Å². The van der Waals surface area contributed by atoms with Crippen molar-refractivity contribution >= 4 is 80.1 Å². The van der Waals surface area contributed by atoms with Crippen LogP contribution in [0.25, 0.3) is 0 Å². The molecule has 0 aliphatic carbocycles. The largest absolute Gasteiger partial charge is 0.493 e. The first-order chi connectivity index (χ1) is 35.1. The molecule has 5 aromatic rings. The van der Waals surface area contributed by atoms with E-state index in [1.807, 2.05) is 84.5 Å². The van der Waals surface area contributed by atoms with Gasteiger partial charge in [0.05, 0.1) is 24.4 Å². The number of imide groups is 1. The molecule has 5 heterocycles. The van der Waals surface area contributed by atoms with E-state index in [4.69, 9.17) is 24.0 Å². The second-order valence-corrected chi connectivity index (χ2v) is 23.5. The fourth-order valence-electron chi connectivity index (χ4n) is 10.4. The van der Waals surface area contributed by atoms with Gasteiger partial charge in [0.2, 0.25) is 0 Å². The van der Waals surface area contributed by atoms with Crippen molar-refractivity contribution in [3.8, 4) is 17.2 Å². The SMILES string of the molecule is COc1cc2c(cc1OCc1cc(COc3cc4c(cc3C)C(=O)N3c5ccccc5C[C@H]3CC4)cc(N(C)CC(C)(C)SSC(C)CCC(=O)ON3C(=O)CCC3=O)c1)N=C[C@@H]1Cc3ccccc3N1C2=O. The number of aliphatic imine (C=N–C) groups is 1. The number of hydrogen-bond donors (Lipinski definition) is 0. The van der Waals surface area contributed by atoms with Gasteiger partial charge in [0.15, 0.2) is 11.5 Å². The van der Waals surface area contributed by atoms with Crippen LogP contribution in [0.15, 0.2) is 96.0 Å². The molecule has 10 rings (SSSR count). The summed E-state index contributed by atoms with van der Waals surface area (Å²) in [4.78, 5) is 80.5. The van der Waals surface area contributed by atoms with E-state index in [2.05, 4.69) is 50.1 Å². The van der Waals surface area contributed by atoms with E-state index in [-0.39, 0.29) is 66.4 Å². The summed E-state index contributed by atoms with van der Waals surface area (Å²) < 4.78 is 18.8. The van der Waals surface area contributed by atoms with Crippen molar-refractivity contribution in [1.82, 2.24) is 5.06 Å². The third kappa shape index (κ3) is 10.4. The quantitative estimate of drug-likeness (QED) is 0.0645. The molecule has 0 aromatic heterocycles. The van der Waals surface area contributed by atoms with Crippen molar-refractivity contribution in [3.05, 3.63) is 136 Å². The highest BCUT2D eigenvalue weighted by molar-refractivity contribution is 8.77. The van der Waals surface area contributed by atoms with Crippen LogP contribution in [0.5, 0.6) is 17.2 Å². The zero-order chi connectivity index (χ0) is 51.1. The number of anilines is 3. The van der Waals surface area contributed by atoms with Gasteiger partial charge in [-0.05, 0) is 128 Å². The van der Waals surface area contributed by atoms with E-state index in [1.165, 1.54) is 5.56 Å². The Kier molecular flexibility index (Phi) is 14.1. The number of benzene rings is 5. The molecule has 16 heteroatoms. The number of hydroxylamine groups is 2. The number of nitrogens with zero attached hydrogens (tertiary/aromatic N) is 5. The highest BCUT2D eigenvalue weighted by Gasteiger charge is 2.39. The van der Waals surface area contributed by atoms with Gasteiger partial charge in [0.25, 0.3) is 23.6 Å². The van der Waals surface area contributed by atoms with Gasteiger partial charge in [0.1, 0.15) is 19.0 Å². The van der Waals surface area contributed by atoms with Gasteiger partial charge in [-0.3, -0.25) is 29.1 Å². The molecule has 0 radical (unpaired) electrons. The molecule has 4 amide bonds. The van der Waals surface area contributed by atoms with Crippen molar-refractivity contribution in [2.75, 3.05) is 35.4 Å². The minimum absolute atomic E-state index is 0.0390. The van der Waals surface area contributed by atoms with Crippen molar-refractivity contribution in [1.29, 1.82) is 0 Å². The number of methoxy groups -OCH3 is 1. The number of hydrogen-bond acceptors (Lipinski definition) is 13. The summed E-state index contributed by atoms with van der Waals surface area (Å²) in [5.41, 5.74) is 10.6. The van der Waals surface area contributed by atoms with Crippen LogP contribution >= 0.6 is 21.6 Å². The first-order valence-corrected chi connectivity index (χ1v) is 27.1. The maximum Gasteiger partial charge on any atom is 0.333 e. The fourth-order valence-corrected chi connectivity index (χ4v) is 13.0. The van der Waals surface area contributed by atoms with Crippen molar-refractivity contribution < 1.29 is 43.0 Å². The van der Waals surface area contributed by atoms with Gasteiger partial charge in [-0.15, -0.1) is 5.06 Å². The first kappa shape index (κ1) is 49.8. The van der Waals surface area contributed by atoms with Crippen LogP contribution in [0.4, 0.5) is 22.7 Å². The summed E-state index contributed by atoms with van der Waals surface area (Å²) in [6, 6.07) is 29.9. The van der Waals surface area contributed by atoms with Crippen LogP contribution in [-0.2, 0) is 51.7 Å². The zero-order valence-electron chi connectivity index (χ0n) is 42.0. The molecule has 378 valence electrons. The lowest BCUT2D eigenvalue weighted by Crippen LogP contribution is -2.37. The average molecular weight is 1020 g/mol. The smallest absolute Gasteiger partial charge is 0.333 e. The van der Waals surface area contributed by atoms with Crippen LogP contribution in [0.2, 0.25) is 0 Å². The molecule has 14 nitrogen and oxygen atoms in total. The van der Waals surface area contributed by atoms with Crippen molar-refractivity contribution in [3.63, 3.8) is 0 Å². The van der Waals surface area contributed by atoms with Crippen LogP contribution < -0.4 is 28.9 Å². The minimum atomic E-state index is -0.598. The third-order valence-electron chi connectivity index (χ3n) is 14.1. The summed E-state index contributed by atoms with van der Waals surface area (Å²) in [6.45, 7) is 9.50. The average Bonchev–Trinajstić information content (AvgIpc) is 4.00. The molecule has 1 unspecified atom stereocenters. The molecule has 1 saturated heterocycles. The van der Waals surface area contributed by atoms with Crippen LogP contribution in [-0.4, -0.2) is 83.7 Å². The number of para-hydroxylation sites is 2. The standard InChI is InChI=1S/C57H59N5O9S2/c1-34-21-44-38(16-17-41-25-39-11-7-9-13-47(39)60(41)55(44)66)27-49(34)69-31-36-22-37(24-42(23-36)59(5)33-57(3,4)73-72-35(2)15-20-54(65)71-62-52(63)18-19-53(62)64)32-70-51-29-46-45(28-50(51)68-6)56(67)61-43(30-58-46)26-40-12-8-10-14-48(40)61/h7-14,21-24,27-30,35,41,43H,15-20,25-26,31-33H2,1-6H3/t35?,41-,43+/m1/s1. The molecule has 73 heavy (non-hydrogen) atoms. The fraction of sp³-hybridized carbons (Fsp3) is 0.368. The summed E-state index contributed by atoms with van der Waals surface area (Å²) in [5.74, 6) is -0.0653. The number of rotatable bonds is 17. The normalized spacial score (nSPS) is 18.0. The lowest BCUT2D eigenvalue weighted by molar-refractivity contribution is -0.197. The molecular formula is C57H59N5O9S2. The Hall–Kier alpha value is -6.78. The van der Waals surface area contributed by atoms with E-state index in [0.717, 1.165) is 75.5 Å². The molecule has 5 aromatic carbocycles. The second-order valence-electron chi connectivity index (χ2n) is 20.1. The maximum absolute atomic E-state index is 14.1. The molecule has 5 aliphatic rings. The van der Waals surface area contributed by atoms with Crippen molar-refractivity contribution in [2.24, 2.45) is 4.99 Å². The Morgan fingerprint density at radius 3 is 2.15 bits per heavy atom. The van der Waals surface area contributed by atoms with Gasteiger partial charge >= 0.3 is 5.97 Å². The van der Waals surface area contributed by atoms with Crippen LogP contribution in [0.1, 0.15) is 107 Å². The van der Waals surface area contributed by atoms with E-state index in [0.29, 0.717) is 47.2 Å². The Morgan fingerprint density at radius 1 is 0.781 bits per heavy atom. The maximum atomic E-state index is 14.1. The van der Waals surface area contributed by atoms with Gasteiger partial charge in [-0.25, -0.2) is 4.79 Å². The lowest BCUT2D eigenvalue weighted by atomic mass is 9.98. The molecule has 1 fully saturated rings. The van der Waals surface area contributed by atoms with Crippen LogP contribution in [0, 0.1) is 6.92 Å². The molecule has 5 aliphatic heterocycles. The zero-order valence-corrected chi connectivity index (χ0v) is 43.6. The van der Waals surface area contributed by atoms with E-state index in [9.17, 15) is 24.0 Å². The van der Waals surface area contributed by atoms with Gasteiger partial charge < -0.3 is 28.8 Å². The highest BCUT2D eigenvalue weighted by atomic mass is 33.1. The van der Waals surface area contributed by atoms with Crippen LogP contribution in [0.3, 0.4) is 0 Å². The molecule has 0 spiro atoms. The van der Waals surface area contributed by atoms with E-state index in [1.54, 1.807) is 40.8 Å². The Bertz CT molecular complexity index is 3050. The predicted molar refractivity (Wildman–Crippen MR) is 286 cm³/mol. The minimum Gasteiger partial charge on any atom is -0.493 e. The predicted octanol–water partition coefficient (Wildman–Crippen LogP) is 10.3. The molecule has 3 atom stereocenters. The summed E-state index contributed by atoms with van der Waals surface area (Å²) in [5, 5.41) is 0.682. The molecule has 0 N–H and O–H groups in total. The third-order valence-corrected chi connectivity index (χ3v) is 17.9. The number of ether oxygens (including phenoxy) is 3. The number of carbonyl (C=O) groups excluding carboxylic acids is 5. The second kappa shape index (κ2) is 20.6. The molecule has 0 saturated carbocycles. The van der Waals surface area contributed by atoms with Gasteiger partial charge in [-0.1, -0.05) is 64.9 Å². The number of amides is 4. The Balaban J connectivity index is 0.861. The summed E-state index contributed by atoms with van der Waals surface area (Å²) in [6.07, 6.45) is 5.74. The molecular weight excluding hydrogens is 963 g/mol. The Morgan fingerprint density at radius 2 is 1.44 bits per heavy atom. The topological polar surface area (TPSA) is 148 Å².